The summed E-state index contributed by atoms with van der Waals surface area (Å²) >= 11 is 0. The Morgan fingerprint density at radius 3 is 2.35 bits per heavy atom. The smallest absolute Gasteiger partial charge is 0.128 e. The van der Waals surface area contributed by atoms with Crippen LogP contribution in [0.25, 0.3) is 11.1 Å². The van der Waals surface area contributed by atoms with Crippen molar-refractivity contribution in [2.24, 2.45) is 0 Å². The molecular weight excluding hydrogens is 246 g/mol. The van der Waals surface area contributed by atoms with Gasteiger partial charge in [-0.1, -0.05) is 36.4 Å². The molecule has 0 aliphatic heterocycles. The summed E-state index contributed by atoms with van der Waals surface area (Å²) in [6.07, 6.45) is 0. The molecule has 97 valence electrons. The average molecular weight is 260 g/mol. The minimum Gasteiger partial charge on any atom is -0.457 e. The number of ether oxygens (including phenoxy) is 1. The maximum Gasteiger partial charge on any atom is 0.128 e. The van der Waals surface area contributed by atoms with Crippen molar-refractivity contribution in [3.63, 3.8) is 0 Å². The first-order chi connectivity index (χ1) is 9.83. The van der Waals surface area contributed by atoms with E-state index in [0.29, 0.717) is 0 Å². The van der Waals surface area contributed by atoms with Gasteiger partial charge >= 0.3 is 0 Å². The van der Waals surface area contributed by atoms with E-state index in [4.69, 9.17) is 10.5 Å². The maximum atomic E-state index is 6.00. The van der Waals surface area contributed by atoms with Crippen LogP contribution in [0.4, 0.5) is 5.69 Å². The van der Waals surface area contributed by atoms with Gasteiger partial charge in [-0.05, 0) is 48.0 Å². The summed E-state index contributed by atoms with van der Waals surface area (Å²) in [5, 5.41) is 0. The molecule has 3 rings (SSSR count). The number of hydrogen-bond donors (Lipinski definition) is 1. The molecule has 20 heavy (non-hydrogen) atoms. The van der Waals surface area contributed by atoms with E-state index in [-0.39, 0.29) is 0 Å². The van der Waals surface area contributed by atoms with E-state index in [0.717, 1.165) is 28.3 Å². The Balaban J connectivity index is 1.92. The number of nitrogen functional groups attached to an aromatic ring is 1. The highest BCUT2D eigenvalue weighted by Crippen LogP contribution is 2.29. The summed E-state index contributed by atoms with van der Waals surface area (Å²) in [6, 6.07) is 26.2. The lowest BCUT2D eigenvalue weighted by Gasteiger charge is -2.09. The lowest BCUT2D eigenvalue weighted by molar-refractivity contribution is 0.483. The topological polar surface area (TPSA) is 35.2 Å². The molecule has 0 bridgehead atoms. The van der Waals surface area contributed by atoms with Crippen LogP contribution in [0.3, 0.4) is 0 Å². The van der Waals surface area contributed by atoms with Gasteiger partial charge in [0.1, 0.15) is 11.5 Å². The Morgan fingerprint density at radius 2 is 1.55 bits per heavy atom. The van der Waals surface area contributed by atoms with Crippen LogP contribution in [0, 0.1) is 6.07 Å². The van der Waals surface area contributed by atoms with Crippen molar-refractivity contribution in [2.45, 2.75) is 0 Å². The summed E-state index contributed by atoms with van der Waals surface area (Å²) < 4.78 is 5.81. The normalized spacial score (nSPS) is 10.2. The van der Waals surface area contributed by atoms with Gasteiger partial charge < -0.3 is 10.5 Å². The second-order valence-corrected chi connectivity index (χ2v) is 4.46. The van der Waals surface area contributed by atoms with Crippen LogP contribution in [0.1, 0.15) is 0 Å². The average Bonchev–Trinajstić information content (AvgIpc) is 2.49. The van der Waals surface area contributed by atoms with E-state index < -0.39 is 0 Å². The second-order valence-electron chi connectivity index (χ2n) is 4.46. The van der Waals surface area contributed by atoms with Crippen molar-refractivity contribution in [1.82, 2.24) is 0 Å². The van der Waals surface area contributed by atoms with Crippen LogP contribution in [-0.2, 0) is 0 Å². The Bertz CT molecular complexity index is 707. The molecule has 0 aromatic heterocycles. The fourth-order valence-electron chi connectivity index (χ4n) is 2.05. The Hall–Kier alpha value is -2.74. The summed E-state index contributed by atoms with van der Waals surface area (Å²) in [6.45, 7) is 0. The van der Waals surface area contributed by atoms with Crippen molar-refractivity contribution in [3.05, 3.63) is 78.9 Å². The third-order valence-electron chi connectivity index (χ3n) is 3.01. The third kappa shape index (κ3) is 2.64. The zero-order valence-electron chi connectivity index (χ0n) is 10.9. The Labute approximate surface area is 118 Å². The van der Waals surface area contributed by atoms with Gasteiger partial charge in [0.15, 0.2) is 0 Å². The standard InChI is InChI=1S/C18H14NO/c19-18-12-5-4-11-17(18)14-7-6-10-16(13-14)20-15-8-2-1-3-9-15/h1-5,7-13H,19H2. The van der Waals surface area contributed by atoms with Crippen LogP contribution >= 0.6 is 0 Å². The van der Waals surface area contributed by atoms with Gasteiger partial charge in [0.25, 0.3) is 0 Å². The highest BCUT2D eigenvalue weighted by molar-refractivity contribution is 5.76. The monoisotopic (exact) mass is 260 g/mol. The molecule has 0 saturated heterocycles. The van der Waals surface area contributed by atoms with Gasteiger partial charge in [0.2, 0.25) is 0 Å². The first-order valence-electron chi connectivity index (χ1n) is 6.42. The van der Waals surface area contributed by atoms with Crippen molar-refractivity contribution in [3.8, 4) is 22.6 Å². The minimum absolute atomic E-state index is 0.747. The van der Waals surface area contributed by atoms with E-state index in [1.54, 1.807) is 0 Å². The number of para-hydroxylation sites is 2. The predicted molar refractivity (Wildman–Crippen MR) is 81.6 cm³/mol. The Morgan fingerprint density at radius 1 is 0.800 bits per heavy atom. The zero-order valence-corrected chi connectivity index (χ0v) is 10.9. The van der Waals surface area contributed by atoms with Gasteiger partial charge in [-0.15, -0.1) is 0 Å². The molecule has 0 fully saturated rings. The third-order valence-corrected chi connectivity index (χ3v) is 3.01. The molecule has 0 unspecified atom stereocenters. The van der Waals surface area contributed by atoms with Gasteiger partial charge in [-0.2, -0.15) is 0 Å². The van der Waals surface area contributed by atoms with Crippen molar-refractivity contribution >= 4 is 5.69 Å². The van der Waals surface area contributed by atoms with Gasteiger partial charge in [-0.25, -0.2) is 0 Å². The van der Waals surface area contributed by atoms with Crippen molar-refractivity contribution in [2.75, 3.05) is 5.73 Å². The quantitative estimate of drug-likeness (QED) is 0.702. The minimum atomic E-state index is 0.747. The molecule has 0 saturated carbocycles. The molecular formula is C18H14NO. The fraction of sp³-hybridized carbons (Fsp3) is 0. The second kappa shape index (κ2) is 5.49. The zero-order chi connectivity index (χ0) is 13.8. The molecule has 0 amide bonds. The molecule has 0 aliphatic rings. The van der Waals surface area contributed by atoms with Gasteiger partial charge in [0.05, 0.1) is 0 Å². The molecule has 3 aromatic rings. The van der Waals surface area contributed by atoms with Crippen molar-refractivity contribution < 1.29 is 4.74 Å². The first-order valence-corrected chi connectivity index (χ1v) is 6.42. The van der Waals surface area contributed by atoms with E-state index in [1.165, 1.54) is 0 Å². The van der Waals surface area contributed by atoms with E-state index >= 15 is 0 Å². The molecule has 2 nitrogen and oxygen atoms in total. The number of rotatable bonds is 3. The van der Waals surface area contributed by atoms with Crippen LogP contribution in [0.2, 0.25) is 0 Å². The molecule has 1 radical (unpaired) electrons. The van der Waals surface area contributed by atoms with Gasteiger partial charge in [-0.3, -0.25) is 0 Å². The van der Waals surface area contributed by atoms with Gasteiger partial charge in [0, 0.05) is 11.3 Å². The van der Waals surface area contributed by atoms with E-state index in [1.807, 2.05) is 72.8 Å². The number of anilines is 1. The fourth-order valence-corrected chi connectivity index (χ4v) is 2.05. The molecule has 3 aromatic carbocycles. The lowest BCUT2D eigenvalue weighted by Crippen LogP contribution is -1.90. The molecule has 0 heterocycles. The highest BCUT2D eigenvalue weighted by atomic mass is 16.5. The highest BCUT2D eigenvalue weighted by Gasteiger charge is 2.04. The molecule has 0 atom stereocenters. The van der Waals surface area contributed by atoms with Crippen LogP contribution in [-0.4, -0.2) is 0 Å². The lowest BCUT2D eigenvalue weighted by atomic mass is 10.0. The Kier molecular flexibility index (Phi) is 3.38. The summed E-state index contributed by atoms with van der Waals surface area (Å²) in [7, 11) is 0. The SMILES string of the molecule is Nc1ccccc1-c1c[c]cc(Oc2ccccc2)c1. The summed E-state index contributed by atoms with van der Waals surface area (Å²) in [5.41, 5.74) is 8.73. The summed E-state index contributed by atoms with van der Waals surface area (Å²) in [4.78, 5) is 0. The van der Waals surface area contributed by atoms with E-state index in [9.17, 15) is 0 Å². The molecule has 2 heteroatoms. The van der Waals surface area contributed by atoms with Crippen molar-refractivity contribution in [1.29, 1.82) is 0 Å². The number of nitrogens with two attached hydrogens (primary N) is 1. The largest absolute Gasteiger partial charge is 0.457 e. The van der Waals surface area contributed by atoms with E-state index in [2.05, 4.69) is 6.07 Å². The van der Waals surface area contributed by atoms with Crippen LogP contribution in [0.15, 0.2) is 72.8 Å². The molecule has 0 aliphatic carbocycles. The predicted octanol–water partition coefficient (Wildman–Crippen LogP) is 4.53. The summed E-state index contributed by atoms with van der Waals surface area (Å²) in [5.74, 6) is 1.55. The first kappa shape index (κ1) is 12.3. The maximum absolute atomic E-state index is 6.00. The molecule has 0 spiro atoms. The molecule has 2 N–H and O–H groups in total. The van der Waals surface area contributed by atoms with Crippen LogP contribution in [0.5, 0.6) is 11.5 Å². The number of benzene rings is 3. The van der Waals surface area contributed by atoms with Crippen LogP contribution < -0.4 is 10.5 Å². The number of hydrogen-bond acceptors (Lipinski definition) is 2.